The SMILES string of the molecule is NCC(OCC(F)(F)F)c1cccs1. The molecule has 1 rings (SSSR count). The van der Waals surface area contributed by atoms with Gasteiger partial charge in [-0.1, -0.05) is 6.07 Å². The van der Waals surface area contributed by atoms with Crippen molar-refractivity contribution >= 4 is 11.3 Å². The molecule has 14 heavy (non-hydrogen) atoms. The van der Waals surface area contributed by atoms with Crippen LogP contribution in [0.3, 0.4) is 0 Å². The minimum absolute atomic E-state index is 0.0522. The number of halogens is 3. The first kappa shape index (κ1) is 11.5. The molecule has 0 aliphatic rings. The number of alkyl halides is 3. The number of thiophene rings is 1. The fourth-order valence-electron chi connectivity index (χ4n) is 0.936. The van der Waals surface area contributed by atoms with E-state index >= 15 is 0 Å². The lowest BCUT2D eigenvalue weighted by Gasteiger charge is -2.15. The molecule has 1 heterocycles. The zero-order chi connectivity index (χ0) is 10.6. The number of rotatable bonds is 4. The summed E-state index contributed by atoms with van der Waals surface area (Å²) >= 11 is 1.33. The Bertz CT molecular complexity index is 260. The molecule has 80 valence electrons. The van der Waals surface area contributed by atoms with Gasteiger partial charge < -0.3 is 10.5 Å². The molecule has 0 saturated carbocycles. The molecule has 0 amide bonds. The molecular formula is C8H10F3NOS. The van der Waals surface area contributed by atoms with Crippen molar-refractivity contribution in [2.24, 2.45) is 5.73 Å². The van der Waals surface area contributed by atoms with Gasteiger partial charge in [-0.2, -0.15) is 13.2 Å². The topological polar surface area (TPSA) is 35.2 Å². The Balaban J connectivity index is 2.49. The van der Waals surface area contributed by atoms with Crippen molar-refractivity contribution in [1.29, 1.82) is 0 Å². The molecular weight excluding hydrogens is 215 g/mol. The fraction of sp³-hybridized carbons (Fsp3) is 0.500. The molecule has 0 aromatic carbocycles. The molecule has 0 spiro atoms. The summed E-state index contributed by atoms with van der Waals surface area (Å²) in [6, 6.07) is 3.46. The highest BCUT2D eigenvalue weighted by atomic mass is 32.1. The largest absolute Gasteiger partial charge is 0.411 e. The van der Waals surface area contributed by atoms with E-state index < -0.39 is 18.9 Å². The zero-order valence-corrected chi connectivity index (χ0v) is 8.07. The van der Waals surface area contributed by atoms with E-state index in [9.17, 15) is 13.2 Å². The van der Waals surface area contributed by atoms with E-state index in [2.05, 4.69) is 4.74 Å². The molecule has 1 atom stereocenters. The Morgan fingerprint density at radius 3 is 2.64 bits per heavy atom. The Kier molecular flexibility index (Phi) is 3.91. The van der Waals surface area contributed by atoms with Crippen LogP contribution in [-0.2, 0) is 4.74 Å². The van der Waals surface area contributed by atoms with Crippen molar-refractivity contribution in [3.8, 4) is 0 Å². The number of hydrogen-bond donors (Lipinski definition) is 1. The molecule has 0 bridgehead atoms. The van der Waals surface area contributed by atoms with Gasteiger partial charge in [0.2, 0.25) is 0 Å². The van der Waals surface area contributed by atoms with Gasteiger partial charge in [0.15, 0.2) is 0 Å². The van der Waals surface area contributed by atoms with E-state index in [0.717, 1.165) is 4.88 Å². The van der Waals surface area contributed by atoms with Crippen LogP contribution in [0.5, 0.6) is 0 Å². The summed E-state index contributed by atoms with van der Waals surface area (Å²) in [5.41, 5.74) is 5.31. The van der Waals surface area contributed by atoms with Crippen LogP contribution in [0.1, 0.15) is 11.0 Å². The first-order chi connectivity index (χ1) is 6.53. The highest BCUT2D eigenvalue weighted by Gasteiger charge is 2.29. The third-order valence-corrected chi connectivity index (χ3v) is 2.49. The molecule has 0 saturated heterocycles. The Labute approximate surface area is 83.5 Å². The second-order valence-corrected chi connectivity index (χ2v) is 3.65. The lowest BCUT2D eigenvalue weighted by atomic mass is 10.3. The smallest absolute Gasteiger partial charge is 0.362 e. The van der Waals surface area contributed by atoms with E-state index in [-0.39, 0.29) is 6.54 Å². The average molecular weight is 225 g/mol. The average Bonchev–Trinajstić information content (AvgIpc) is 2.56. The Hall–Kier alpha value is -0.590. The van der Waals surface area contributed by atoms with Crippen LogP contribution in [0.4, 0.5) is 13.2 Å². The van der Waals surface area contributed by atoms with Crippen LogP contribution < -0.4 is 5.73 Å². The van der Waals surface area contributed by atoms with Crippen LogP contribution in [0.2, 0.25) is 0 Å². The van der Waals surface area contributed by atoms with Crippen molar-refractivity contribution < 1.29 is 17.9 Å². The van der Waals surface area contributed by atoms with Crippen molar-refractivity contribution in [1.82, 2.24) is 0 Å². The molecule has 0 aliphatic heterocycles. The number of nitrogens with two attached hydrogens (primary N) is 1. The third-order valence-electron chi connectivity index (χ3n) is 1.52. The van der Waals surface area contributed by atoms with Gasteiger partial charge in [0.05, 0.1) is 0 Å². The van der Waals surface area contributed by atoms with E-state index in [1.165, 1.54) is 11.3 Å². The highest BCUT2D eigenvalue weighted by Crippen LogP contribution is 2.24. The van der Waals surface area contributed by atoms with Crippen LogP contribution in [0.15, 0.2) is 17.5 Å². The summed E-state index contributed by atoms with van der Waals surface area (Å²) in [6.07, 6.45) is -4.96. The second-order valence-electron chi connectivity index (χ2n) is 2.67. The first-order valence-electron chi connectivity index (χ1n) is 3.95. The van der Waals surface area contributed by atoms with Gasteiger partial charge in [-0.3, -0.25) is 0 Å². The maximum absolute atomic E-state index is 11.8. The molecule has 0 fully saturated rings. The molecule has 0 aliphatic carbocycles. The van der Waals surface area contributed by atoms with E-state index in [4.69, 9.17) is 5.73 Å². The Morgan fingerprint density at radius 2 is 2.21 bits per heavy atom. The summed E-state index contributed by atoms with van der Waals surface area (Å²) in [4.78, 5) is 0.719. The van der Waals surface area contributed by atoms with Gasteiger partial charge in [0.1, 0.15) is 12.7 Å². The van der Waals surface area contributed by atoms with Gasteiger partial charge in [0.25, 0.3) is 0 Å². The maximum Gasteiger partial charge on any atom is 0.411 e. The van der Waals surface area contributed by atoms with Gasteiger partial charge in [-0.05, 0) is 11.4 Å². The third kappa shape index (κ3) is 3.65. The van der Waals surface area contributed by atoms with Crippen molar-refractivity contribution in [3.05, 3.63) is 22.4 Å². The minimum atomic E-state index is -4.30. The lowest BCUT2D eigenvalue weighted by molar-refractivity contribution is -0.184. The molecule has 1 aromatic heterocycles. The van der Waals surface area contributed by atoms with Crippen LogP contribution in [0, 0.1) is 0 Å². The summed E-state index contributed by atoms with van der Waals surface area (Å²) in [7, 11) is 0. The quantitative estimate of drug-likeness (QED) is 0.853. The van der Waals surface area contributed by atoms with Crippen molar-refractivity contribution in [3.63, 3.8) is 0 Å². The summed E-state index contributed by atoms with van der Waals surface area (Å²) in [6.45, 7) is -1.20. The van der Waals surface area contributed by atoms with Gasteiger partial charge in [-0.15, -0.1) is 11.3 Å². The molecule has 1 aromatic rings. The molecule has 2 nitrogen and oxygen atoms in total. The fourth-order valence-corrected chi connectivity index (χ4v) is 1.72. The predicted molar refractivity (Wildman–Crippen MR) is 48.1 cm³/mol. The van der Waals surface area contributed by atoms with E-state index in [1.807, 2.05) is 0 Å². The normalized spacial score (nSPS) is 14.3. The molecule has 0 radical (unpaired) electrons. The van der Waals surface area contributed by atoms with Gasteiger partial charge in [-0.25, -0.2) is 0 Å². The number of ether oxygens (including phenoxy) is 1. The van der Waals surface area contributed by atoms with Crippen molar-refractivity contribution in [2.75, 3.05) is 13.2 Å². The van der Waals surface area contributed by atoms with Crippen molar-refractivity contribution in [2.45, 2.75) is 12.3 Å². The molecule has 1 unspecified atom stereocenters. The van der Waals surface area contributed by atoms with E-state index in [1.54, 1.807) is 17.5 Å². The van der Waals surface area contributed by atoms with Gasteiger partial charge >= 0.3 is 6.18 Å². The molecule has 6 heteroatoms. The lowest BCUT2D eigenvalue weighted by Crippen LogP contribution is -2.23. The summed E-state index contributed by atoms with van der Waals surface area (Å²) in [5.74, 6) is 0. The van der Waals surface area contributed by atoms with Gasteiger partial charge in [0, 0.05) is 11.4 Å². The number of hydrogen-bond acceptors (Lipinski definition) is 3. The zero-order valence-electron chi connectivity index (χ0n) is 7.25. The first-order valence-corrected chi connectivity index (χ1v) is 4.82. The maximum atomic E-state index is 11.8. The summed E-state index contributed by atoms with van der Waals surface area (Å²) < 4.78 is 40.2. The summed E-state index contributed by atoms with van der Waals surface area (Å²) in [5, 5.41) is 1.77. The minimum Gasteiger partial charge on any atom is -0.362 e. The van der Waals surface area contributed by atoms with Crippen LogP contribution >= 0.6 is 11.3 Å². The van der Waals surface area contributed by atoms with E-state index in [0.29, 0.717) is 0 Å². The Morgan fingerprint density at radius 1 is 1.50 bits per heavy atom. The molecule has 2 N–H and O–H groups in total. The highest BCUT2D eigenvalue weighted by molar-refractivity contribution is 7.10. The predicted octanol–water partition coefficient (Wildman–Crippen LogP) is 2.33. The monoisotopic (exact) mass is 225 g/mol. The van der Waals surface area contributed by atoms with Crippen LogP contribution in [0.25, 0.3) is 0 Å². The second kappa shape index (κ2) is 4.77. The standard InChI is InChI=1S/C8H10F3NOS/c9-8(10,11)5-13-6(4-12)7-2-1-3-14-7/h1-3,6H,4-5,12H2. The van der Waals surface area contributed by atoms with Crippen LogP contribution in [-0.4, -0.2) is 19.3 Å².